The zero-order chi connectivity index (χ0) is 16.6. The average Bonchev–Trinajstić information content (AvgIpc) is 2.93. The van der Waals surface area contributed by atoms with Crippen LogP contribution in [0.1, 0.15) is 29.2 Å². The molecule has 1 aromatic heterocycles. The fourth-order valence-corrected chi connectivity index (χ4v) is 3.02. The number of ether oxygens (including phenoxy) is 3. The van der Waals surface area contributed by atoms with Crippen molar-refractivity contribution >= 4 is 11.7 Å². The highest BCUT2D eigenvalue weighted by Crippen LogP contribution is 2.45. The monoisotopic (exact) mass is 317 g/mol. The second kappa shape index (κ2) is 5.83. The van der Waals surface area contributed by atoms with Crippen LogP contribution in [0.3, 0.4) is 0 Å². The van der Waals surface area contributed by atoms with Gasteiger partial charge in [-0.1, -0.05) is 0 Å². The molecule has 0 spiro atoms. The van der Waals surface area contributed by atoms with Gasteiger partial charge in [0.05, 0.1) is 21.3 Å². The topological polar surface area (TPSA) is 85.5 Å². The smallest absolute Gasteiger partial charge is 0.226 e. The Kier molecular flexibility index (Phi) is 3.85. The first-order chi connectivity index (χ1) is 11.1. The van der Waals surface area contributed by atoms with Gasteiger partial charge in [0.1, 0.15) is 5.75 Å². The lowest BCUT2D eigenvalue weighted by molar-refractivity contribution is -0.116. The van der Waals surface area contributed by atoms with Crippen molar-refractivity contribution in [3.05, 3.63) is 29.0 Å². The highest BCUT2D eigenvalue weighted by molar-refractivity contribution is 5.94. The molecule has 2 N–H and O–H groups in total. The summed E-state index contributed by atoms with van der Waals surface area (Å²) in [7, 11) is 4.75. The van der Waals surface area contributed by atoms with Crippen molar-refractivity contribution in [2.24, 2.45) is 0 Å². The largest absolute Gasteiger partial charge is 0.496 e. The number of nitrogens with one attached hydrogen (secondary N) is 2. The third kappa shape index (κ3) is 2.48. The summed E-state index contributed by atoms with van der Waals surface area (Å²) >= 11 is 0. The van der Waals surface area contributed by atoms with Crippen molar-refractivity contribution in [1.29, 1.82) is 0 Å². The van der Waals surface area contributed by atoms with Crippen LogP contribution in [0.15, 0.2) is 12.1 Å². The van der Waals surface area contributed by atoms with Gasteiger partial charge in [0.15, 0.2) is 17.3 Å². The lowest BCUT2D eigenvalue weighted by Crippen LogP contribution is -2.23. The SMILES string of the molecule is COc1cc(OC)c([C@@H]2CC(=O)Nc3n[nH]c(C)c32)cc1OC. The summed E-state index contributed by atoms with van der Waals surface area (Å²) in [6.45, 7) is 1.93. The van der Waals surface area contributed by atoms with Crippen LogP contribution < -0.4 is 19.5 Å². The Morgan fingerprint density at radius 3 is 2.39 bits per heavy atom. The molecule has 0 aliphatic carbocycles. The van der Waals surface area contributed by atoms with E-state index in [0.717, 1.165) is 16.8 Å². The summed E-state index contributed by atoms with van der Waals surface area (Å²) in [5.74, 6) is 2.15. The third-order valence-corrected chi connectivity index (χ3v) is 4.10. The Bertz CT molecular complexity index is 754. The molecule has 2 aromatic rings. The van der Waals surface area contributed by atoms with Gasteiger partial charge in [0.25, 0.3) is 0 Å². The fourth-order valence-electron chi connectivity index (χ4n) is 3.02. The van der Waals surface area contributed by atoms with E-state index >= 15 is 0 Å². The van der Waals surface area contributed by atoms with Crippen LogP contribution in [-0.2, 0) is 4.79 Å². The molecule has 7 heteroatoms. The Morgan fingerprint density at radius 2 is 1.74 bits per heavy atom. The predicted molar refractivity (Wildman–Crippen MR) is 84.5 cm³/mol. The number of benzene rings is 1. The second-order valence-electron chi connectivity index (χ2n) is 5.36. The van der Waals surface area contributed by atoms with E-state index in [2.05, 4.69) is 15.5 Å². The van der Waals surface area contributed by atoms with Gasteiger partial charge < -0.3 is 19.5 Å². The number of carbonyl (C=O) groups excluding carboxylic acids is 1. The van der Waals surface area contributed by atoms with Gasteiger partial charge in [-0.15, -0.1) is 0 Å². The van der Waals surface area contributed by atoms with Crippen molar-refractivity contribution in [1.82, 2.24) is 10.2 Å². The van der Waals surface area contributed by atoms with E-state index in [-0.39, 0.29) is 11.8 Å². The Hall–Kier alpha value is -2.70. The minimum atomic E-state index is -0.160. The molecule has 0 unspecified atom stereocenters. The molecule has 0 saturated carbocycles. The molecule has 0 bridgehead atoms. The molecule has 7 nitrogen and oxygen atoms in total. The number of methoxy groups -OCH3 is 3. The molecule has 1 aliphatic rings. The van der Waals surface area contributed by atoms with Crippen molar-refractivity contribution in [3.63, 3.8) is 0 Å². The van der Waals surface area contributed by atoms with Gasteiger partial charge >= 0.3 is 0 Å². The van der Waals surface area contributed by atoms with E-state index in [1.165, 1.54) is 0 Å². The molecule has 1 aliphatic heterocycles. The van der Waals surface area contributed by atoms with Crippen LogP contribution in [0.5, 0.6) is 17.2 Å². The van der Waals surface area contributed by atoms with Crippen molar-refractivity contribution < 1.29 is 19.0 Å². The number of amides is 1. The maximum atomic E-state index is 12.0. The van der Waals surface area contributed by atoms with Crippen LogP contribution in [-0.4, -0.2) is 37.4 Å². The highest BCUT2D eigenvalue weighted by Gasteiger charge is 2.33. The number of aromatic amines is 1. The molecule has 1 amide bonds. The molecule has 122 valence electrons. The summed E-state index contributed by atoms with van der Waals surface area (Å²) in [6.07, 6.45) is 0.319. The van der Waals surface area contributed by atoms with Gasteiger partial charge in [-0.3, -0.25) is 9.89 Å². The van der Waals surface area contributed by atoms with Crippen LogP contribution in [0.25, 0.3) is 0 Å². The molecule has 3 rings (SSSR count). The van der Waals surface area contributed by atoms with Crippen LogP contribution in [0.4, 0.5) is 5.82 Å². The third-order valence-electron chi connectivity index (χ3n) is 4.10. The standard InChI is InChI=1S/C16H19N3O4/c1-8-15-10(6-14(20)17-16(15)19-18-8)9-5-12(22-3)13(23-4)7-11(9)21-2/h5,7,10H,6H2,1-4H3,(H2,17,18,19,20)/t10-/m0/s1. The number of nitrogens with zero attached hydrogens (tertiary/aromatic N) is 1. The van der Waals surface area contributed by atoms with E-state index in [4.69, 9.17) is 14.2 Å². The second-order valence-corrected chi connectivity index (χ2v) is 5.36. The van der Waals surface area contributed by atoms with Gasteiger partial charge in [-0.25, -0.2) is 0 Å². The minimum absolute atomic E-state index is 0.0779. The Balaban J connectivity index is 2.18. The summed E-state index contributed by atoms with van der Waals surface area (Å²) in [5, 5.41) is 9.88. The van der Waals surface area contributed by atoms with Crippen molar-refractivity contribution in [2.75, 3.05) is 26.6 Å². The Morgan fingerprint density at radius 1 is 1.09 bits per heavy atom. The number of anilines is 1. The maximum absolute atomic E-state index is 12.0. The van der Waals surface area contributed by atoms with Crippen LogP contribution in [0.2, 0.25) is 0 Å². The number of hydrogen-bond donors (Lipinski definition) is 2. The van der Waals surface area contributed by atoms with E-state index in [1.54, 1.807) is 27.4 Å². The fraction of sp³-hybridized carbons (Fsp3) is 0.375. The first kappa shape index (κ1) is 15.2. The van der Waals surface area contributed by atoms with E-state index < -0.39 is 0 Å². The summed E-state index contributed by atoms with van der Waals surface area (Å²) in [4.78, 5) is 12.0. The van der Waals surface area contributed by atoms with Crippen molar-refractivity contribution in [3.8, 4) is 17.2 Å². The molecule has 0 saturated heterocycles. The summed E-state index contributed by atoms with van der Waals surface area (Å²) in [6, 6.07) is 3.63. The molecule has 1 atom stereocenters. The van der Waals surface area contributed by atoms with E-state index in [1.807, 2.05) is 13.0 Å². The van der Waals surface area contributed by atoms with Crippen molar-refractivity contribution in [2.45, 2.75) is 19.3 Å². The quantitative estimate of drug-likeness (QED) is 0.903. The highest BCUT2D eigenvalue weighted by atomic mass is 16.5. The number of carbonyl (C=O) groups is 1. The molecular formula is C16H19N3O4. The van der Waals surface area contributed by atoms with Gasteiger partial charge in [0, 0.05) is 35.2 Å². The normalized spacial score (nSPS) is 16.5. The minimum Gasteiger partial charge on any atom is -0.496 e. The first-order valence-electron chi connectivity index (χ1n) is 7.23. The first-order valence-corrected chi connectivity index (χ1v) is 7.23. The zero-order valence-corrected chi connectivity index (χ0v) is 13.5. The number of hydrogen-bond acceptors (Lipinski definition) is 5. The molecule has 1 aromatic carbocycles. The Labute approximate surface area is 133 Å². The van der Waals surface area contributed by atoms with E-state index in [0.29, 0.717) is 29.5 Å². The summed E-state index contributed by atoms with van der Waals surface area (Å²) < 4.78 is 16.2. The van der Waals surface area contributed by atoms with Crippen LogP contribution >= 0.6 is 0 Å². The number of aryl methyl sites for hydroxylation is 1. The predicted octanol–water partition coefficient (Wildman–Crippen LogP) is 2.22. The van der Waals surface area contributed by atoms with E-state index in [9.17, 15) is 4.79 Å². The number of aromatic nitrogens is 2. The average molecular weight is 317 g/mol. The molecular weight excluding hydrogens is 298 g/mol. The van der Waals surface area contributed by atoms with Gasteiger partial charge in [-0.05, 0) is 13.0 Å². The lowest BCUT2D eigenvalue weighted by atomic mass is 9.85. The number of H-pyrrole nitrogens is 1. The van der Waals surface area contributed by atoms with Gasteiger partial charge in [-0.2, -0.15) is 5.10 Å². The molecule has 2 heterocycles. The lowest BCUT2D eigenvalue weighted by Gasteiger charge is -2.25. The number of rotatable bonds is 4. The summed E-state index contributed by atoms with van der Waals surface area (Å²) in [5.41, 5.74) is 2.75. The van der Waals surface area contributed by atoms with Gasteiger partial charge in [0.2, 0.25) is 5.91 Å². The number of fused-ring (bicyclic) bond motifs is 1. The van der Waals surface area contributed by atoms with Crippen LogP contribution in [0, 0.1) is 6.92 Å². The molecule has 0 radical (unpaired) electrons. The zero-order valence-electron chi connectivity index (χ0n) is 13.5. The maximum Gasteiger partial charge on any atom is 0.226 e. The molecule has 0 fully saturated rings. The molecule has 23 heavy (non-hydrogen) atoms.